The number of rotatable bonds is 6. The zero-order valence-corrected chi connectivity index (χ0v) is 19.5. The molecule has 5 nitrogen and oxygen atoms in total. The molecule has 0 aliphatic rings. The van der Waals surface area contributed by atoms with Gasteiger partial charge in [-0.05, 0) is 62.6 Å². The number of aryl methyl sites for hydroxylation is 4. The maximum absolute atomic E-state index is 13.7. The summed E-state index contributed by atoms with van der Waals surface area (Å²) in [4.78, 5) is 11.9. The van der Waals surface area contributed by atoms with Crippen molar-refractivity contribution in [3.05, 3.63) is 69.1 Å². The van der Waals surface area contributed by atoms with E-state index < -0.39 is 33.6 Å². The number of thioether (sulfide) groups is 1. The topological polar surface area (TPSA) is 76.4 Å². The lowest BCUT2D eigenvalue weighted by Gasteiger charge is -2.22. The Morgan fingerprint density at radius 1 is 1.00 bits per heavy atom. The van der Waals surface area contributed by atoms with Crippen molar-refractivity contribution >= 4 is 32.8 Å². The van der Waals surface area contributed by atoms with E-state index in [2.05, 4.69) is 0 Å². The quantitative estimate of drug-likeness (QED) is 0.392. The highest BCUT2D eigenvalue weighted by atomic mass is 32.2. The van der Waals surface area contributed by atoms with Gasteiger partial charge in [0, 0.05) is 22.1 Å². The molecule has 3 rings (SSSR count). The summed E-state index contributed by atoms with van der Waals surface area (Å²) in [5.74, 6) is -0.589. The molecule has 0 amide bonds. The number of nitrogens with one attached hydrogen (secondary N) is 1. The highest BCUT2D eigenvalue weighted by molar-refractivity contribution is 7.99. The molecule has 0 aliphatic heterocycles. The summed E-state index contributed by atoms with van der Waals surface area (Å²) in [6.07, 6.45) is -4.80. The van der Waals surface area contributed by atoms with E-state index in [0.29, 0.717) is 27.0 Å². The van der Waals surface area contributed by atoms with Crippen molar-refractivity contribution in [2.24, 2.45) is 0 Å². The molecule has 0 spiro atoms. The fraction of sp³-hybridized carbons (Fsp3) is 0.318. The van der Waals surface area contributed by atoms with Gasteiger partial charge in [-0.3, -0.25) is 0 Å². The van der Waals surface area contributed by atoms with Gasteiger partial charge in [0.2, 0.25) is 10.0 Å². The molecule has 0 radical (unpaired) electrons. The summed E-state index contributed by atoms with van der Waals surface area (Å²) in [6.45, 7) is 6.62. The fourth-order valence-corrected chi connectivity index (χ4v) is 6.37. The molecule has 0 saturated heterocycles. The summed E-state index contributed by atoms with van der Waals surface area (Å²) in [7, 11) is -4.41. The molecule has 1 N–H and O–H groups in total. The molecular weight excluding hydrogens is 463 g/mol. The van der Waals surface area contributed by atoms with E-state index in [4.69, 9.17) is 4.42 Å². The summed E-state index contributed by atoms with van der Waals surface area (Å²) < 4.78 is 73.7. The Kier molecular flexibility index (Phi) is 6.78. The van der Waals surface area contributed by atoms with Crippen LogP contribution in [0.2, 0.25) is 0 Å². The van der Waals surface area contributed by atoms with Crippen molar-refractivity contribution in [2.45, 2.75) is 49.7 Å². The molecule has 3 aromatic rings. The molecule has 1 atom stereocenters. The molecule has 0 saturated carbocycles. The first-order valence-corrected chi connectivity index (χ1v) is 12.1. The van der Waals surface area contributed by atoms with Gasteiger partial charge in [0.25, 0.3) is 0 Å². The van der Waals surface area contributed by atoms with Crippen LogP contribution in [0, 0.1) is 27.7 Å². The van der Waals surface area contributed by atoms with Crippen LogP contribution in [0.4, 0.5) is 13.2 Å². The number of halogens is 3. The third-order valence-corrected chi connectivity index (χ3v) is 7.77. The monoisotopic (exact) mass is 485 g/mol. The van der Waals surface area contributed by atoms with Crippen LogP contribution in [0.15, 0.2) is 55.4 Å². The predicted molar refractivity (Wildman–Crippen MR) is 119 cm³/mol. The fourth-order valence-electron chi connectivity index (χ4n) is 3.61. The van der Waals surface area contributed by atoms with Gasteiger partial charge in [-0.2, -0.15) is 17.9 Å². The summed E-state index contributed by atoms with van der Waals surface area (Å²) in [6, 6.07) is 6.99. The van der Waals surface area contributed by atoms with E-state index in [1.165, 1.54) is 12.1 Å². The largest absolute Gasteiger partial charge is 0.423 e. The van der Waals surface area contributed by atoms with Gasteiger partial charge < -0.3 is 4.42 Å². The molecule has 1 heterocycles. The van der Waals surface area contributed by atoms with Gasteiger partial charge >= 0.3 is 11.8 Å². The molecular formula is C22H22F3NO4S2. The summed E-state index contributed by atoms with van der Waals surface area (Å²) >= 11 is 0.820. The van der Waals surface area contributed by atoms with Gasteiger partial charge in [0.05, 0.1) is 4.90 Å². The Labute approximate surface area is 188 Å². The highest BCUT2D eigenvalue weighted by Crippen LogP contribution is 2.31. The summed E-state index contributed by atoms with van der Waals surface area (Å²) in [5, 5.41) is 0.673. The van der Waals surface area contributed by atoms with Crippen LogP contribution >= 0.6 is 11.8 Å². The molecule has 1 unspecified atom stereocenters. The standard InChI is InChI=1S/C22H22F3NO4S2/c1-12-7-14(3)21(15(4)8-12)32(28,29)26-19(22(23,24)25)11-31-16-5-6-17-13(2)9-20(27)30-18(17)10-16/h5-10,19,26H,11H2,1-4H3. The first-order valence-electron chi connectivity index (χ1n) is 9.62. The normalized spacial score (nSPS) is 13.5. The van der Waals surface area contributed by atoms with Crippen molar-refractivity contribution < 1.29 is 26.0 Å². The average molecular weight is 486 g/mol. The molecule has 0 aliphatic carbocycles. The van der Waals surface area contributed by atoms with Gasteiger partial charge in [-0.25, -0.2) is 13.2 Å². The third-order valence-electron chi connectivity index (χ3n) is 4.91. The average Bonchev–Trinajstić information content (AvgIpc) is 2.62. The minimum atomic E-state index is -4.80. The first kappa shape index (κ1) is 24.3. The number of benzene rings is 2. The Balaban J connectivity index is 1.87. The molecule has 32 heavy (non-hydrogen) atoms. The second kappa shape index (κ2) is 8.92. The van der Waals surface area contributed by atoms with Crippen LogP contribution in [0.3, 0.4) is 0 Å². The molecule has 0 fully saturated rings. The van der Waals surface area contributed by atoms with Crippen molar-refractivity contribution in [3.8, 4) is 0 Å². The maximum Gasteiger partial charge on any atom is 0.405 e. The smallest absolute Gasteiger partial charge is 0.405 e. The number of fused-ring (bicyclic) bond motifs is 1. The van der Waals surface area contributed by atoms with Crippen LogP contribution < -0.4 is 10.3 Å². The lowest BCUT2D eigenvalue weighted by molar-refractivity contribution is -0.145. The second-order valence-electron chi connectivity index (χ2n) is 7.66. The van der Waals surface area contributed by atoms with Crippen molar-refractivity contribution in [3.63, 3.8) is 0 Å². The highest BCUT2D eigenvalue weighted by Gasteiger charge is 2.42. The van der Waals surface area contributed by atoms with Gasteiger partial charge in [-0.15, -0.1) is 11.8 Å². The van der Waals surface area contributed by atoms with Gasteiger partial charge in [0.15, 0.2) is 0 Å². The molecule has 1 aromatic heterocycles. The lowest BCUT2D eigenvalue weighted by Crippen LogP contribution is -2.47. The Bertz CT molecular complexity index is 1310. The molecule has 0 bridgehead atoms. The maximum atomic E-state index is 13.7. The Hall–Kier alpha value is -2.30. The van der Waals surface area contributed by atoms with Gasteiger partial charge in [-0.1, -0.05) is 17.7 Å². The van der Waals surface area contributed by atoms with Gasteiger partial charge in [0.1, 0.15) is 11.6 Å². The number of sulfonamides is 1. The van der Waals surface area contributed by atoms with E-state index >= 15 is 0 Å². The van der Waals surface area contributed by atoms with Crippen molar-refractivity contribution in [2.75, 3.05) is 5.75 Å². The first-order chi connectivity index (χ1) is 14.8. The third kappa shape index (κ3) is 5.36. The van der Waals surface area contributed by atoms with Crippen LogP contribution in [0.5, 0.6) is 0 Å². The second-order valence-corrected chi connectivity index (χ2v) is 10.4. The molecule has 10 heteroatoms. The minimum absolute atomic E-state index is 0.148. The van der Waals surface area contributed by atoms with Crippen LogP contribution in [0.25, 0.3) is 11.0 Å². The van der Waals surface area contributed by atoms with E-state index in [1.54, 1.807) is 52.0 Å². The minimum Gasteiger partial charge on any atom is -0.423 e. The number of alkyl halides is 3. The van der Waals surface area contributed by atoms with Crippen LogP contribution in [-0.4, -0.2) is 26.4 Å². The molecule has 2 aromatic carbocycles. The van der Waals surface area contributed by atoms with E-state index in [9.17, 15) is 26.4 Å². The Morgan fingerprint density at radius 3 is 2.22 bits per heavy atom. The number of hydrogen-bond acceptors (Lipinski definition) is 5. The molecule has 172 valence electrons. The number of hydrogen-bond donors (Lipinski definition) is 1. The lowest BCUT2D eigenvalue weighted by atomic mass is 10.1. The van der Waals surface area contributed by atoms with E-state index in [0.717, 1.165) is 17.3 Å². The Morgan fingerprint density at radius 2 is 1.62 bits per heavy atom. The summed E-state index contributed by atoms with van der Waals surface area (Å²) in [5.41, 5.74) is 1.97. The zero-order valence-electron chi connectivity index (χ0n) is 17.8. The van der Waals surface area contributed by atoms with Crippen molar-refractivity contribution in [1.29, 1.82) is 0 Å². The van der Waals surface area contributed by atoms with Crippen LogP contribution in [0.1, 0.15) is 22.3 Å². The van der Waals surface area contributed by atoms with E-state index in [-0.39, 0.29) is 10.5 Å². The van der Waals surface area contributed by atoms with Crippen molar-refractivity contribution in [1.82, 2.24) is 4.72 Å². The van der Waals surface area contributed by atoms with Crippen LogP contribution in [-0.2, 0) is 10.0 Å². The van der Waals surface area contributed by atoms with E-state index in [1.807, 2.05) is 4.72 Å². The SMILES string of the molecule is Cc1cc(C)c(S(=O)(=O)NC(CSc2ccc3c(C)cc(=O)oc3c2)C(F)(F)F)c(C)c1. The zero-order chi connectivity index (χ0) is 23.8. The predicted octanol–water partition coefficient (Wildman–Crippen LogP) is 5.03.